The van der Waals surface area contributed by atoms with Crippen molar-refractivity contribution >= 4 is 0 Å². The Morgan fingerprint density at radius 1 is 1.35 bits per heavy atom. The molecule has 1 aromatic carbocycles. The molecular weight excluding hydrogens is 215 g/mol. The minimum atomic E-state index is -0.190. The molecule has 0 aliphatic carbocycles. The highest BCUT2D eigenvalue weighted by molar-refractivity contribution is 5.21. The standard InChI is InChI=1S/C14H21FN2/c1-14(2)8-3-9-17(14)13(10-16)11-4-6-12(15)7-5-11/h4-7,13H,3,8-10,16H2,1-2H3. The topological polar surface area (TPSA) is 29.3 Å². The number of nitrogens with two attached hydrogens (primary N) is 1. The summed E-state index contributed by atoms with van der Waals surface area (Å²) >= 11 is 0. The molecule has 2 nitrogen and oxygen atoms in total. The second-order valence-corrected chi connectivity index (χ2v) is 5.41. The predicted molar refractivity (Wildman–Crippen MR) is 68.2 cm³/mol. The molecular formula is C14H21FN2. The molecule has 2 N–H and O–H groups in total. The van der Waals surface area contributed by atoms with E-state index in [1.54, 1.807) is 0 Å². The van der Waals surface area contributed by atoms with Crippen molar-refractivity contribution in [3.05, 3.63) is 35.6 Å². The highest BCUT2D eigenvalue weighted by Gasteiger charge is 2.36. The highest BCUT2D eigenvalue weighted by atomic mass is 19.1. The van der Waals surface area contributed by atoms with Gasteiger partial charge >= 0.3 is 0 Å². The van der Waals surface area contributed by atoms with Gasteiger partial charge in [0.1, 0.15) is 5.82 Å². The molecule has 94 valence electrons. The number of nitrogens with zero attached hydrogens (tertiary/aromatic N) is 1. The summed E-state index contributed by atoms with van der Waals surface area (Å²) in [6.07, 6.45) is 2.41. The van der Waals surface area contributed by atoms with Crippen LogP contribution in [0.3, 0.4) is 0 Å². The third kappa shape index (κ3) is 2.50. The molecule has 0 aromatic heterocycles. The largest absolute Gasteiger partial charge is 0.329 e. The maximum absolute atomic E-state index is 12.9. The molecule has 0 saturated carbocycles. The third-order valence-corrected chi connectivity index (χ3v) is 3.82. The van der Waals surface area contributed by atoms with Gasteiger partial charge in [-0.25, -0.2) is 4.39 Å². The monoisotopic (exact) mass is 236 g/mol. The van der Waals surface area contributed by atoms with Gasteiger partial charge < -0.3 is 5.73 Å². The summed E-state index contributed by atoms with van der Waals surface area (Å²) in [5, 5.41) is 0. The van der Waals surface area contributed by atoms with Crippen LogP contribution in [0.5, 0.6) is 0 Å². The molecule has 0 radical (unpaired) electrons. The summed E-state index contributed by atoms with van der Waals surface area (Å²) in [6, 6.07) is 6.93. The van der Waals surface area contributed by atoms with Gasteiger partial charge in [0.2, 0.25) is 0 Å². The van der Waals surface area contributed by atoms with E-state index < -0.39 is 0 Å². The molecule has 3 heteroatoms. The van der Waals surface area contributed by atoms with Crippen LogP contribution in [0.25, 0.3) is 0 Å². The number of benzene rings is 1. The molecule has 17 heavy (non-hydrogen) atoms. The first-order valence-corrected chi connectivity index (χ1v) is 6.27. The van der Waals surface area contributed by atoms with E-state index in [9.17, 15) is 4.39 Å². The van der Waals surface area contributed by atoms with Crippen molar-refractivity contribution in [2.45, 2.75) is 38.3 Å². The summed E-state index contributed by atoms with van der Waals surface area (Å²) in [6.45, 7) is 6.17. The van der Waals surface area contributed by atoms with E-state index >= 15 is 0 Å². The van der Waals surface area contributed by atoms with Crippen LogP contribution in [-0.4, -0.2) is 23.5 Å². The zero-order chi connectivity index (χ0) is 12.5. The van der Waals surface area contributed by atoms with Gasteiger partial charge in [0, 0.05) is 18.1 Å². The highest BCUT2D eigenvalue weighted by Crippen LogP contribution is 2.35. The van der Waals surface area contributed by atoms with Crippen LogP contribution in [0.4, 0.5) is 4.39 Å². The lowest BCUT2D eigenvalue weighted by Gasteiger charge is -2.38. The number of likely N-dealkylation sites (tertiary alicyclic amines) is 1. The SMILES string of the molecule is CC1(C)CCCN1C(CN)c1ccc(F)cc1. The maximum atomic E-state index is 12.9. The van der Waals surface area contributed by atoms with Crippen LogP contribution in [0, 0.1) is 5.82 Å². The fourth-order valence-electron chi connectivity index (χ4n) is 2.83. The van der Waals surface area contributed by atoms with Gasteiger partial charge in [0.15, 0.2) is 0 Å². The molecule has 1 aliphatic rings. The van der Waals surface area contributed by atoms with Crippen molar-refractivity contribution in [2.24, 2.45) is 5.73 Å². The molecule has 1 saturated heterocycles. The van der Waals surface area contributed by atoms with Gasteiger partial charge in [-0.15, -0.1) is 0 Å². The zero-order valence-electron chi connectivity index (χ0n) is 10.6. The molecule has 0 amide bonds. The Bertz CT molecular complexity index is 372. The van der Waals surface area contributed by atoms with E-state index in [-0.39, 0.29) is 17.4 Å². The van der Waals surface area contributed by atoms with Gasteiger partial charge in [-0.2, -0.15) is 0 Å². The lowest BCUT2D eigenvalue weighted by Crippen LogP contribution is -2.43. The van der Waals surface area contributed by atoms with E-state index in [0.29, 0.717) is 6.54 Å². The fraction of sp³-hybridized carbons (Fsp3) is 0.571. The maximum Gasteiger partial charge on any atom is 0.123 e. The summed E-state index contributed by atoms with van der Waals surface area (Å²) in [4.78, 5) is 2.44. The Hall–Kier alpha value is -0.930. The molecule has 0 bridgehead atoms. The van der Waals surface area contributed by atoms with Crippen molar-refractivity contribution in [3.63, 3.8) is 0 Å². The molecule has 1 unspecified atom stereocenters. The van der Waals surface area contributed by atoms with Crippen LogP contribution in [0.1, 0.15) is 38.3 Å². The first-order chi connectivity index (χ1) is 8.04. The van der Waals surface area contributed by atoms with Crippen molar-refractivity contribution in [3.8, 4) is 0 Å². The van der Waals surface area contributed by atoms with Crippen LogP contribution in [0.15, 0.2) is 24.3 Å². The summed E-state index contributed by atoms with van der Waals surface area (Å²) in [5.41, 5.74) is 7.22. The van der Waals surface area contributed by atoms with Crippen LogP contribution < -0.4 is 5.73 Å². The van der Waals surface area contributed by atoms with Gasteiger partial charge in [-0.3, -0.25) is 4.90 Å². The molecule has 0 spiro atoms. The molecule has 1 aromatic rings. The van der Waals surface area contributed by atoms with Gasteiger partial charge in [-0.1, -0.05) is 12.1 Å². The summed E-state index contributed by atoms with van der Waals surface area (Å²) < 4.78 is 12.9. The smallest absolute Gasteiger partial charge is 0.123 e. The Balaban J connectivity index is 2.24. The van der Waals surface area contributed by atoms with Crippen molar-refractivity contribution in [1.82, 2.24) is 4.90 Å². The summed E-state index contributed by atoms with van der Waals surface area (Å²) in [7, 11) is 0. The zero-order valence-corrected chi connectivity index (χ0v) is 10.6. The quantitative estimate of drug-likeness (QED) is 0.874. The Morgan fingerprint density at radius 3 is 2.47 bits per heavy atom. The first-order valence-electron chi connectivity index (χ1n) is 6.27. The number of rotatable bonds is 3. The van der Waals surface area contributed by atoms with Crippen molar-refractivity contribution < 1.29 is 4.39 Å². The summed E-state index contributed by atoms with van der Waals surface area (Å²) in [5.74, 6) is -0.190. The molecule has 1 fully saturated rings. The van der Waals surface area contributed by atoms with E-state index in [1.165, 1.54) is 25.0 Å². The Kier molecular flexibility index (Phi) is 3.50. The lowest BCUT2D eigenvalue weighted by molar-refractivity contribution is 0.119. The minimum absolute atomic E-state index is 0.190. The number of hydrogen-bond donors (Lipinski definition) is 1. The second-order valence-electron chi connectivity index (χ2n) is 5.41. The predicted octanol–water partition coefficient (Wildman–Crippen LogP) is 2.70. The van der Waals surface area contributed by atoms with Gasteiger partial charge in [0.25, 0.3) is 0 Å². The average Bonchev–Trinajstić information content (AvgIpc) is 2.63. The molecule has 2 rings (SSSR count). The number of halogens is 1. The normalized spacial score (nSPS) is 21.6. The number of hydrogen-bond acceptors (Lipinski definition) is 2. The van der Waals surface area contributed by atoms with Gasteiger partial charge in [-0.05, 0) is 50.9 Å². The van der Waals surface area contributed by atoms with Crippen molar-refractivity contribution in [1.29, 1.82) is 0 Å². The van der Waals surface area contributed by atoms with E-state index in [0.717, 1.165) is 12.1 Å². The van der Waals surface area contributed by atoms with Crippen molar-refractivity contribution in [2.75, 3.05) is 13.1 Å². The Labute approximate surface area is 103 Å². The molecule has 1 heterocycles. The third-order valence-electron chi connectivity index (χ3n) is 3.82. The lowest BCUT2D eigenvalue weighted by atomic mass is 9.97. The fourth-order valence-corrected chi connectivity index (χ4v) is 2.83. The van der Waals surface area contributed by atoms with E-state index in [1.807, 2.05) is 12.1 Å². The minimum Gasteiger partial charge on any atom is -0.329 e. The van der Waals surface area contributed by atoms with E-state index in [4.69, 9.17) is 5.73 Å². The van der Waals surface area contributed by atoms with E-state index in [2.05, 4.69) is 18.7 Å². The van der Waals surface area contributed by atoms with Gasteiger partial charge in [0.05, 0.1) is 0 Å². The first kappa shape index (κ1) is 12.5. The molecule has 1 atom stereocenters. The Morgan fingerprint density at radius 2 is 2.00 bits per heavy atom. The second kappa shape index (κ2) is 4.75. The average molecular weight is 236 g/mol. The van der Waals surface area contributed by atoms with Crippen LogP contribution in [-0.2, 0) is 0 Å². The molecule has 1 aliphatic heterocycles. The van der Waals surface area contributed by atoms with Crippen LogP contribution in [0.2, 0.25) is 0 Å². The van der Waals surface area contributed by atoms with Crippen LogP contribution >= 0.6 is 0 Å².